The molecule has 2 aromatic rings. The maximum atomic E-state index is 6.08. The molecular weight excluding hydrogens is 689 g/mol. The molecule has 0 heterocycles. The Morgan fingerprint density at radius 1 is 0.684 bits per heavy atom. The zero-order valence-corrected chi connectivity index (χ0v) is 41.2. The van der Waals surface area contributed by atoms with E-state index in [4.69, 9.17) is 5.41 Å². The van der Waals surface area contributed by atoms with Crippen LogP contribution in [0, 0.1) is 17.2 Å². The SMILES string of the molecule is C=C/C=C(/C/C(C)=C\C=C/CC)C(C)/C=C\C(=C/C)N(C)c1ccccc1.CC.CC.CC.CC.CC(C)C.CC=N.C\C=C/C=C\C(C)=C\C.c1ccccc1. The van der Waals surface area contributed by atoms with Gasteiger partial charge < -0.3 is 10.3 Å². The average molecular weight is 783 g/mol. The summed E-state index contributed by atoms with van der Waals surface area (Å²) in [6, 6.07) is 22.4. The summed E-state index contributed by atoms with van der Waals surface area (Å²) in [4.78, 5) is 2.21. The third kappa shape index (κ3) is 56.0. The molecule has 2 heteroatoms. The monoisotopic (exact) mass is 783 g/mol. The minimum absolute atomic E-state index is 0.348. The molecule has 0 aromatic heterocycles. The van der Waals surface area contributed by atoms with Crippen LogP contribution in [0.3, 0.4) is 0 Å². The van der Waals surface area contributed by atoms with Gasteiger partial charge >= 0.3 is 0 Å². The highest BCUT2D eigenvalue weighted by atomic mass is 15.1. The van der Waals surface area contributed by atoms with E-state index < -0.39 is 0 Å². The maximum absolute atomic E-state index is 6.08. The van der Waals surface area contributed by atoms with E-state index >= 15 is 0 Å². The lowest BCUT2D eigenvalue weighted by Gasteiger charge is -2.21. The lowest BCUT2D eigenvalue weighted by molar-refractivity contribution is 0.737. The van der Waals surface area contributed by atoms with Crippen LogP contribution in [0.2, 0.25) is 0 Å². The fourth-order valence-electron chi connectivity index (χ4n) is 3.64. The second kappa shape index (κ2) is 60.8. The minimum atomic E-state index is 0.348. The average Bonchev–Trinajstić information content (AvgIpc) is 3.25. The fourth-order valence-corrected chi connectivity index (χ4v) is 3.64. The van der Waals surface area contributed by atoms with Gasteiger partial charge in [-0.3, -0.25) is 0 Å². The Balaban J connectivity index is -0.000000135. The van der Waals surface area contributed by atoms with Crippen LogP contribution in [0.25, 0.3) is 0 Å². The summed E-state index contributed by atoms with van der Waals surface area (Å²) < 4.78 is 0. The van der Waals surface area contributed by atoms with E-state index in [1.165, 1.54) is 34.3 Å². The zero-order chi connectivity index (χ0) is 45.7. The molecule has 2 rings (SSSR count). The molecule has 0 aliphatic rings. The van der Waals surface area contributed by atoms with E-state index in [9.17, 15) is 0 Å². The Kier molecular flexibility index (Phi) is 71.8. The number of rotatable bonds is 12. The predicted molar refractivity (Wildman–Crippen MR) is 273 cm³/mol. The molecule has 0 spiro atoms. The van der Waals surface area contributed by atoms with Crippen LogP contribution in [0.1, 0.15) is 144 Å². The van der Waals surface area contributed by atoms with E-state index in [1.54, 1.807) is 6.92 Å². The Labute approximate surface area is 358 Å². The summed E-state index contributed by atoms with van der Waals surface area (Å²) in [5.74, 6) is 1.18. The first kappa shape index (κ1) is 67.3. The van der Waals surface area contributed by atoms with Gasteiger partial charge in [-0.1, -0.05) is 241 Å². The summed E-state index contributed by atoms with van der Waals surface area (Å²) >= 11 is 0. The standard InChI is InChI=1S/C26H35N.C9H14.C6H6.C4H10.C2H5N.4C2H6/c1-7-10-12-16-22(4)21-24(15-8-2)23(5)19-20-25(9-3)27(6)26-17-13-11-14-18-26;1-4-6-7-8-9(3)5-2;1-2-4-6-5-3-1;1-4(2)3;1-2-3;4*1-2/h8-20,23H,2,7,21H2,1,3-6H3;4-8H,1-3H3;1-6H;4H,1-3H3;2-3H,1H3;4*1-2H3/b12-10-,20-19-,22-16-,24-15-,25-9+;6-4-,8-7-,9-5+;;;;;;;. The number of benzene rings is 2. The number of hydrogen-bond donors (Lipinski definition) is 1. The van der Waals surface area contributed by atoms with Gasteiger partial charge in [0, 0.05) is 18.4 Å². The van der Waals surface area contributed by atoms with E-state index in [0.717, 1.165) is 18.8 Å². The van der Waals surface area contributed by atoms with Gasteiger partial charge in [0.1, 0.15) is 0 Å². The molecule has 0 saturated heterocycles. The van der Waals surface area contributed by atoms with Gasteiger partial charge in [0.25, 0.3) is 0 Å². The molecule has 2 aromatic carbocycles. The quantitative estimate of drug-likeness (QED) is 0.168. The van der Waals surface area contributed by atoms with Crippen molar-refractivity contribution in [3.05, 3.63) is 175 Å². The van der Waals surface area contributed by atoms with E-state index in [1.807, 2.05) is 136 Å². The molecule has 0 aliphatic carbocycles. The molecule has 0 bridgehead atoms. The Bertz CT molecular complexity index is 1270. The lowest BCUT2D eigenvalue weighted by Crippen LogP contribution is -2.14. The third-order valence-electron chi connectivity index (χ3n) is 6.32. The summed E-state index contributed by atoms with van der Waals surface area (Å²) in [5, 5.41) is 6.08. The van der Waals surface area contributed by atoms with Crippen molar-refractivity contribution in [3.63, 3.8) is 0 Å². The fraction of sp³-hybridized carbons (Fsp3) is 0.436. The van der Waals surface area contributed by atoms with Crippen molar-refractivity contribution in [2.75, 3.05) is 11.9 Å². The predicted octanol–water partition coefficient (Wildman–Crippen LogP) is 18.8. The minimum Gasteiger partial charge on any atom is -0.345 e. The Morgan fingerprint density at radius 2 is 1.12 bits per heavy atom. The van der Waals surface area contributed by atoms with Crippen molar-refractivity contribution in [3.8, 4) is 0 Å². The molecule has 0 saturated carbocycles. The first-order chi connectivity index (χ1) is 27.5. The van der Waals surface area contributed by atoms with Crippen LogP contribution in [0.4, 0.5) is 5.69 Å². The molecular formula is C55H94N2. The van der Waals surface area contributed by atoms with Crippen molar-refractivity contribution in [2.45, 2.75) is 144 Å². The van der Waals surface area contributed by atoms with Gasteiger partial charge in [0.05, 0.1) is 0 Å². The van der Waals surface area contributed by atoms with E-state index in [-0.39, 0.29) is 0 Å². The number of likely N-dealkylation sites (N-methyl/N-ethyl adjacent to an activating group) is 1. The molecule has 2 nitrogen and oxygen atoms in total. The van der Waals surface area contributed by atoms with Crippen molar-refractivity contribution in [2.24, 2.45) is 11.8 Å². The van der Waals surface area contributed by atoms with Gasteiger partial charge in [0.15, 0.2) is 0 Å². The summed E-state index contributed by atoms with van der Waals surface area (Å²) in [6.45, 7) is 42.9. The van der Waals surface area contributed by atoms with Crippen LogP contribution in [-0.4, -0.2) is 13.3 Å². The Morgan fingerprint density at radius 3 is 1.49 bits per heavy atom. The summed E-state index contributed by atoms with van der Waals surface area (Å²) in [5.41, 5.74) is 6.40. The van der Waals surface area contributed by atoms with Gasteiger partial charge in [-0.15, -0.1) is 0 Å². The van der Waals surface area contributed by atoms with Crippen molar-refractivity contribution in [1.29, 1.82) is 5.41 Å². The largest absolute Gasteiger partial charge is 0.345 e. The molecule has 1 unspecified atom stereocenters. The molecule has 0 aliphatic heterocycles. The Hall–Kier alpha value is -4.43. The van der Waals surface area contributed by atoms with Crippen LogP contribution in [0.15, 0.2) is 175 Å². The molecule has 324 valence electrons. The second-order valence-corrected chi connectivity index (χ2v) is 11.9. The highest BCUT2D eigenvalue weighted by Gasteiger charge is 2.08. The van der Waals surface area contributed by atoms with Gasteiger partial charge in [-0.25, -0.2) is 0 Å². The first-order valence-corrected chi connectivity index (χ1v) is 21.6. The topological polar surface area (TPSA) is 27.1 Å². The maximum Gasteiger partial charge on any atom is 0.0407 e. The van der Waals surface area contributed by atoms with Crippen molar-refractivity contribution in [1.82, 2.24) is 0 Å². The number of para-hydroxylation sites is 1. The summed E-state index contributed by atoms with van der Waals surface area (Å²) in [6.07, 6.45) is 30.7. The molecule has 1 atom stereocenters. The normalized spacial score (nSPS) is 11.3. The van der Waals surface area contributed by atoms with Gasteiger partial charge in [0.2, 0.25) is 0 Å². The molecule has 57 heavy (non-hydrogen) atoms. The van der Waals surface area contributed by atoms with Gasteiger partial charge in [-0.05, 0) is 90.6 Å². The highest BCUT2D eigenvalue weighted by Crippen LogP contribution is 2.23. The summed E-state index contributed by atoms with van der Waals surface area (Å²) in [7, 11) is 2.10. The van der Waals surface area contributed by atoms with Gasteiger partial charge in [-0.2, -0.15) is 0 Å². The molecule has 0 radical (unpaired) electrons. The molecule has 0 fully saturated rings. The lowest BCUT2D eigenvalue weighted by atomic mass is 9.93. The zero-order valence-electron chi connectivity index (χ0n) is 41.2. The third-order valence-corrected chi connectivity index (χ3v) is 6.32. The van der Waals surface area contributed by atoms with E-state index in [2.05, 4.69) is 153 Å². The molecule has 1 N–H and O–H groups in total. The molecule has 0 amide bonds. The number of anilines is 1. The van der Waals surface area contributed by atoms with Crippen molar-refractivity contribution < 1.29 is 0 Å². The van der Waals surface area contributed by atoms with Crippen molar-refractivity contribution >= 4 is 11.9 Å². The smallest absolute Gasteiger partial charge is 0.0407 e. The number of allylic oxidation sites excluding steroid dienone is 16. The van der Waals surface area contributed by atoms with Crippen LogP contribution < -0.4 is 4.90 Å². The number of nitrogens with one attached hydrogen (secondary N) is 1. The first-order valence-electron chi connectivity index (χ1n) is 21.6. The number of nitrogens with zero attached hydrogens (tertiary/aromatic N) is 1. The second-order valence-electron chi connectivity index (χ2n) is 11.9. The highest BCUT2D eigenvalue weighted by molar-refractivity contribution is 5.53. The number of hydrogen-bond acceptors (Lipinski definition) is 2. The van der Waals surface area contributed by atoms with Crippen LogP contribution in [0.5, 0.6) is 0 Å². The van der Waals surface area contributed by atoms with E-state index in [0.29, 0.717) is 5.92 Å². The van der Waals surface area contributed by atoms with Crippen LogP contribution in [-0.2, 0) is 0 Å². The van der Waals surface area contributed by atoms with Crippen LogP contribution >= 0.6 is 0 Å².